The average molecular weight is 651 g/mol. The summed E-state index contributed by atoms with van der Waals surface area (Å²) in [6.45, 7) is 1.76. The molecule has 46 heavy (non-hydrogen) atoms. The van der Waals surface area contributed by atoms with Crippen molar-refractivity contribution in [3.8, 4) is 5.75 Å². The summed E-state index contributed by atoms with van der Waals surface area (Å²) in [5.74, 6) is 0.328. The molecule has 3 amide bonds. The van der Waals surface area contributed by atoms with Crippen LogP contribution in [-0.2, 0) is 21.5 Å². The molecule has 0 bridgehead atoms. The first-order valence-corrected chi connectivity index (χ1v) is 17.6. The van der Waals surface area contributed by atoms with Crippen LogP contribution < -0.4 is 14.8 Å². The number of allylic oxidation sites excluding steroid dienone is 2. The van der Waals surface area contributed by atoms with Crippen LogP contribution in [0.15, 0.2) is 52.6 Å². The first-order chi connectivity index (χ1) is 21.9. The Hall–Kier alpha value is -3.61. The maximum absolute atomic E-state index is 13.5. The van der Waals surface area contributed by atoms with Gasteiger partial charge in [0.2, 0.25) is 0 Å². The Morgan fingerprint density at radius 1 is 1.04 bits per heavy atom. The number of rotatable bonds is 9. The van der Waals surface area contributed by atoms with Crippen molar-refractivity contribution >= 4 is 33.1 Å². The van der Waals surface area contributed by atoms with Crippen LogP contribution in [-0.4, -0.2) is 101 Å². The lowest BCUT2D eigenvalue weighted by Gasteiger charge is -2.33. The summed E-state index contributed by atoms with van der Waals surface area (Å²) >= 11 is 0. The fourth-order valence-electron chi connectivity index (χ4n) is 7.39. The number of aromatic nitrogens is 1. The van der Waals surface area contributed by atoms with E-state index in [9.17, 15) is 18.0 Å². The third-order valence-corrected chi connectivity index (χ3v) is 11.4. The number of benzene rings is 1. The number of urea groups is 1. The van der Waals surface area contributed by atoms with Gasteiger partial charge in [-0.25, -0.2) is 9.52 Å². The molecular formula is C34H46N6O5S. The fraction of sp³-hybridized carbons (Fsp3) is 0.529. The molecule has 1 aliphatic heterocycles. The predicted octanol–water partition coefficient (Wildman–Crippen LogP) is 3.86. The van der Waals surface area contributed by atoms with Crippen molar-refractivity contribution in [3.63, 3.8) is 0 Å². The van der Waals surface area contributed by atoms with Crippen LogP contribution in [0, 0.1) is 0 Å². The second kappa shape index (κ2) is 12.5. The molecule has 1 unspecified atom stereocenters. The smallest absolute Gasteiger partial charge is 0.317 e. The van der Waals surface area contributed by atoms with Gasteiger partial charge in [0, 0.05) is 63.8 Å². The average Bonchev–Trinajstić information content (AvgIpc) is 3.66. The molecule has 0 radical (unpaired) electrons. The van der Waals surface area contributed by atoms with Gasteiger partial charge >= 0.3 is 16.2 Å². The van der Waals surface area contributed by atoms with Gasteiger partial charge in [-0.1, -0.05) is 37.5 Å². The van der Waals surface area contributed by atoms with Crippen LogP contribution in [0.1, 0.15) is 61.6 Å². The SMILES string of the molecule is COc1ccc(C2CCCCC2)c2c1cc1n2CC2=C(C(=O)NS(=O)(=O)N(C)C)C2=C2C=CC[C@@H](NC(=O)N(C)CCN(C)C)C21. The zero-order valence-corrected chi connectivity index (χ0v) is 28.5. The molecule has 1 aromatic carbocycles. The van der Waals surface area contributed by atoms with Crippen molar-refractivity contribution in [2.75, 3.05) is 55.4 Å². The highest BCUT2D eigenvalue weighted by molar-refractivity contribution is 7.87. The van der Waals surface area contributed by atoms with E-state index in [0.29, 0.717) is 31.0 Å². The van der Waals surface area contributed by atoms with E-state index < -0.39 is 16.1 Å². The Bertz CT molecular complexity index is 1760. The Balaban J connectivity index is 1.49. The standard InChI is InChI=1S/C34H46N6O5S/c1-37(2)17-18-39(5)34(42)35-26-14-10-13-23-29-25(31(29)33(41)36-46(43,44)38(3)4)20-40-27(30(23)26)19-24-28(45-6)16-15-22(32(24)40)21-11-8-7-9-12-21/h10,13,15-16,19,21,26,30H,7-9,11-12,14,17-18,20H2,1-6H3,(H,35,42)(H,36,41)/t26-,30?/m1/s1. The topological polar surface area (TPSA) is 116 Å². The summed E-state index contributed by atoms with van der Waals surface area (Å²) in [4.78, 5) is 30.8. The minimum Gasteiger partial charge on any atom is -0.496 e. The molecule has 248 valence electrons. The van der Waals surface area contributed by atoms with Crippen molar-refractivity contribution < 1.29 is 22.7 Å². The largest absolute Gasteiger partial charge is 0.496 e. The number of nitrogens with zero attached hydrogens (tertiary/aromatic N) is 4. The van der Waals surface area contributed by atoms with Crippen molar-refractivity contribution in [2.45, 2.75) is 62.9 Å². The Morgan fingerprint density at radius 3 is 2.46 bits per heavy atom. The van der Waals surface area contributed by atoms with Crippen molar-refractivity contribution in [3.05, 3.63) is 63.9 Å². The predicted molar refractivity (Wildman–Crippen MR) is 179 cm³/mol. The summed E-state index contributed by atoms with van der Waals surface area (Å²) in [5.41, 5.74) is 6.42. The van der Waals surface area contributed by atoms with E-state index in [1.165, 1.54) is 38.9 Å². The second-order valence-electron chi connectivity index (χ2n) is 13.4. The number of carbonyl (C=O) groups is 2. The minimum atomic E-state index is -3.98. The summed E-state index contributed by atoms with van der Waals surface area (Å²) in [5, 5.41) is 4.34. The summed E-state index contributed by atoms with van der Waals surface area (Å²) in [6.07, 6.45) is 10.6. The van der Waals surface area contributed by atoms with Crippen molar-refractivity contribution in [1.29, 1.82) is 0 Å². The van der Waals surface area contributed by atoms with E-state index in [4.69, 9.17) is 4.74 Å². The van der Waals surface area contributed by atoms with Crippen LogP contribution >= 0.6 is 0 Å². The number of likely N-dealkylation sites (N-methyl/N-ethyl adjacent to an activating group) is 2. The molecular weight excluding hydrogens is 604 g/mol. The summed E-state index contributed by atoms with van der Waals surface area (Å²) in [6, 6.07) is 6.04. The summed E-state index contributed by atoms with van der Waals surface area (Å²) in [7, 11) is 6.26. The van der Waals surface area contributed by atoms with Crippen molar-refractivity contribution in [2.24, 2.45) is 0 Å². The van der Waals surface area contributed by atoms with Crippen molar-refractivity contribution in [1.82, 2.24) is 28.7 Å². The van der Waals surface area contributed by atoms with Gasteiger partial charge in [-0.05, 0) is 73.7 Å². The van der Waals surface area contributed by atoms with Crippen LogP contribution in [0.3, 0.4) is 0 Å². The van der Waals surface area contributed by atoms with Gasteiger partial charge < -0.3 is 24.4 Å². The van der Waals surface area contributed by atoms with E-state index in [1.54, 1.807) is 19.1 Å². The third kappa shape index (κ3) is 5.86. The fourth-order valence-corrected chi connectivity index (χ4v) is 7.91. The number of hydrogen-bond donors (Lipinski definition) is 2. The molecule has 0 saturated heterocycles. The van der Waals surface area contributed by atoms with Crippen LogP contribution in [0.2, 0.25) is 0 Å². The van der Waals surface area contributed by atoms with Gasteiger partial charge in [0.1, 0.15) is 5.75 Å². The number of amides is 3. The zero-order chi connectivity index (χ0) is 32.9. The van der Waals surface area contributed by atoms with Crippen LogP contribution in [0.4, 0.5) is 4.79 Å². The van der Waals surface area contributed by atoms with E-state index in [1.807, 2.05) is 31.1 Å². The molecule has 1 saturated carbocycles. The lowest BCUT2D eigenvalue weighted by Crippen LogP contribution is -2.48. The monoisotopic (exact) mass is 650 g/mol. The Labute approximate surface area is 272 Å². The van der Waals surface area contributed by atoms with E-state index in [2.05, 4.69) is 32.8 Å². The number of ether oxygens (including phenoxy) is 1. The maximum Gasteiger partial charge on any atom is 0.317 e. The minimum absolute atomic E-state index is 0.155. The number of hydrogen-bond acceptors (Lipinski definition) is 6. The normalized spacial score (nSPS) is 21.2. The zero-order valence-electron chi connectivity index (χ0n) is 27.7. The van der Waals surface area contributed by atoms with E-state index in [0.717, 1.165) is 62.8 Å². The molecule has 6 rings (SSSR count). The Morgan fingerprint density at radius 2 is 1.78 bits per heavy atom. The molecule has 1 fully saturated rings. The maximum atomic E-state index is 13.5. The molecule has 0 spiro atoms. The van der Waals surface area contributed by atoms with Gasteiger partial charge in [-0.3, -0.25) is 4.79 Å². The highest BCUT2D eigenvalue weighted by atomic mass is 32.2. The van der Waals surface area contributed by atoms with Gasteiger partial charge in [0.05, 0.1) is 18.2 Å². The molecule has 12 heteroatoms. The number of methoxy groups -OCH3 is 1. The summed E-state index contributed by atoms with van der Waals surface area (Å²) < 4.78 is 36.7. The number of fused-ring (bicyclic) bond motifs is 6. The molecule has 3 aliphatic carbocycles. The van der Waals surface area contributed by atoms with E-state index >= 15 is 0 Å². The third-order valence-electron chi connectivity index (χ3n) is 9.95. The van der Waals surface area contributed by atoms with Crippen LogP contribution in [0.5, 0.6) is 5.75 Å². The lowest BCUT2D eigenvalue weighted by atomic mass is 9.81. The highest BCUT2D eigenvalue weighted by Crippen LogP contribution is 2.54. The van der Waals surface area contributed by atoms with Gasteiger partial charge in [0.15, 0.2) is 0 Å². The first kappa shape index (κ1) is 32.3. The van der Waals surface area contributed by atoms with Gasteiger partial charge in [0.25, 0.3) is 5.91 Å². The molecule has 2 atom stereocenters. The van der Waals surface area contributed by atoms with Gasteiger partial charge in [-0.2, -0.15) is 12.7 Å². The van der Waals surface area contributed by atoms with Crippen LogP contribution in [0.25, 0.3) is 10.9 Å². The highest BCUT2D eigenvalue weighted by Gasteiger charge is 2.46. The lowest BCUT2D eigenvalue weighted by molar-refractivity contribution is -0.115. The van der Waals surface area contributed by atoms with Gasteiger partial charge in [-0.15, -0.1) is 0 Å². The molecule has 2 N–H and O–H groups in total. The molecule has 4 aliphatic rings. The first-order valence-electron chi connectivity index (χ1n) is 16.2. The quantitative estimate of drug-likeness (QED) is 0.426. The molecule has 1 aromatic heterocycles. The molecule has 2 heterocycles. The number of nitrogens with one attached hydrogen (secondary N) is 2. The molecule has 11 nitrogen and oxygen atoms in total. The van der Waals surface area contributed by atoms with E-state index in [-0.39, 0.29) is 18.0 Å². The second-order valence-corrected chi connectivity index (χ2v) is 15.3. The number of carbonyl (C=O) groups excluding carboxylic acids is 2. The Kier molecular flexibility index (Phi) is 8.81. The molecule has 2 aromatic rings.